The number of carbonyl (C=O) groups is 2. The molecule has 1 aliphatic rings. The Labute approximate surface area is 178 Å². The zero-order valence-corrected chi connectivity index (χ0v) is 17.0. The second-order valence-corrected chi connectivity index (χ2v) is 6.89. The zero-order chi connectivity index (χ0) is 21.6. The van der Waals surface area contributed by atoms with E-state index in [2.05, 4.69) is 20.5 Å². The van der Waals surface area contributed by atoms with Crippen molar-refractivity contribution in [3.63, 3.8) is 0 Å². The number of ether oxygens (including phenoxy) is 3. The van der Waals surface area contributed by atoms with Gasteiger partial charge in [0, 0.05) is 24.0 Å². The first-order chi connectivity index (χ1) is 15.1. The van der Waals surface area contributed by atoms with Crippen molar-refractivity contribution in [1.82, 2.24) is 20.5 Å². The molecule has 2 N–H and O–H groups in total. The fourth-order valence-electron chi connectivity index (χ4n) is 3.10. The normalized spacial score (nSPS) is 12.3. The number of ketones is 1. The second kappa shape index (κ2) is 9.29. The molecule has 9 nitrogen and oxygen atoms in total. The van der Waals surface area contributed by atoms with Crippen molar-refractivity contribution < 1.29 is 23.8 Å². The third-order valence-corrected chi connectivity index (χ3v) is 4.78. The van der Waals surface area contributed by atoms with Crippen molar-refractivity contribution in [2.45, 2.75) is 19.4 Å². The van der Waals surface area contributed by atoms with Crippen molar-refractivity contribution in [1.29, 1.82) is 0 Å². The summed E-state index contributed by atoms with van der Waals surface area (Å²) in [4.78, 5) is 28.9. The Morgan fingerprint density at radius 3 is 2.61 bits per heavy atom. The van der Waals surface area contributed by atoms with Gasteiger partial charge in [-0.15, -0.1) is 0 Å². The predicted molar refractivity (Wildman–Crippen MR) is 111 cm³/mol. The summed E-state index contributed by atoms with van der Waals surface area (Å²) in [6, 6.07) is 12.4. The fraction of sp³-hybridized carbons (Fsp3) is 0.273. The Morgan fingerprint density at radius 1 is 1.06 bits per heavy atom. The number of hydrogen-bond donors (Lipinski definition) is 2. The number of carbonyl (C=O) groups excluding carboxylic acids is 2. The van der Waals surface area contributed by atoms with Gasteiger partial charge in [0.1, 0.15) is 24.8 Å². The second-order valence-electron chi connectivity index (χ2n) is 6.89. The molecule has 0 bridgehead atoms. The van der Waals surface area contributed by atoms with Crippen LogP contribution in [0, 0.1) is 0 Å². The summed E-state index contributed by atoms with van der Waals surface area (Å²) in [5.41, 5.74) is 1.33. The van der Waals surface area contributed by atoms with Gasteiger partial charge in [-0.3, -0.25) is 14.7 Å². The number of amides is 1. The summed E-state index contributed by atoms with van der Waals surface area (Å²) in [7, 11) is 1.60. The summed E-state index contributed by atoms with van der Waals surface area (Å²) < 4.78 is 16.1. The predicted octanol–water partition coefficient (Wildman–Crippen LogP) is 2.53. The van der Waals surface area contributed by atoms with Crippen LogP contribution in [0.5, 0.6) is 17.2 Å². The number of fused-ring (bicyclic) bond motifs is 1. The smallest absolute Gasteiger partial charge is 0.220 e. The Balaban J connectivity index is 1.26. The molecule has 0 spiro atoms. The number of benzene rings is 2. The van der Waals surface area contributed by atoms with E-state index in [0.717, 1.165) is 11.3 Å². The van der Waals surface area contributed by atoms with Crippen LogP contribution in [0.4, 0.5) is 0 Å². The van der Waals surface area contributed by atoms with Crippen LogP contribution in [-0.2, 0) is 11.3 Å². The van der Waals surface area contributed by atoms with Crippen LogP contribution >= 0.6 is 0 Å². The number of H-pyrrole nitrogens is 1. The number of aromatic amines is 1. The van der Waals surface area contributed by atoms with E-state index in [1.54, 1.807) is 25.3 Å². The number of nitrogens with zero attached hydrogens (tertiary/aromatic N) is 2. The molecule has 1 aliphatic heterocycles. The first-order valence-corrected chi connectivity index (χ1v) is 9.87. The average Bonchev–Trinajstić information content (AvgIpc) is 3.30. The molecule has 0 radical (unpaired) electrons. The van der Waals surface area contributed by atoms with Gasteiger partial charge in [0.05, 0.1) is 13.7 Å². The molecule has 0 fully saturated rings. The maximum absolute atomic E-state index is 12.4. The van der Waals surface area contributed by atoms with E-state index < -0.39 is 0 Å². The van der Waals surface area contributed by atoms with Crippen LogP contribution in [0.1, 0.15) is 29.0 Å². The van der Waals surface area contributed by atoms with Crippen LogP contribution in [0.2, 0.25) is 0 Å². The van der Waals surface area contributed by atoms with Gasteiger partial charge in [0.25, 0.3) is 0 Å². The third-order valence-electron chi connectivity index (χ3n) is 4.78. The van der Waals surface area contributed by atoms with Crippen molar-refractivity contribution >= 4 is 11.7 Å². The van der Waals surface area contributed by atoms with Crippen LogP contribution < -0.4 is 19.5 Å². The van der Waals surface area contributed by atoms with Gasteiger partial charge in [0.15, 0.2) is 23.1 Å². The molecule has 0 atom stereocenters. The van der Waals surface area contributed by atoms with Crippen LogP contribution in [-0.4, -0.2) is 47.2 Å². The lowest BCUT2D eigenvalue weighted by Crippen LogP contribution is -2.24. The summed E-state index contributed by atoms with van der Waals surface area (Å²) in [5, 5.41) is 9.72. The highest BCUT2D eigenvalue weighted by atomic mass is 16.6. The highest BCUT2D eigenvalue weighted by molar-refractivity contribution is 5.98. The van der Waals surface area contributed by atoms with E-state index in [0.29, 0.717) is 41.9 Å². The van der Waals surface area contributed by atoms with Gasteiger partial charge >= 0.3 is 0 Å². The lowest BCUT2D eigenvalue weighted by Gasteiger charge is -2.18. The van der Waals surface area contributed by atoms with Crippen LogP contribution in [0.25, 0.3) is 11.4 Å². The lowest BCUT2D eigenvalue weighted by atomic mass is 10.1. The van der Waals surface area contributed by atoms with Gasteiger partial charge in [0.2, 0.25) is 5.91 Å². The highest BCUT2D eigenvalue weighted by Crippen LogP contribution is 2.31. The monoisotopic (exact) mass is 422 g/mol. The first-order valence-electron chi connectivity index (χ1n) is 9.87. The van der Waals surface area contributed by atoms with Crippen LogP contribution in [0.3, 0.4) is 0 Å². The molecular weight excluding hydrogens is 400 g/mol. The maximum atomic E-state index is 12.4. The standard InChI is InChI=1S/C22H22N4O5/c1-29-16-5-2-14(3-6-16)22-24-20(25-26-22)13-23-21(28)9-7-17(27)15-4-8-18-19(12-15)31-11-10-30-18/h2-6,8,12H,7,9-11,13H2,1H3,(H,23,28)(H,24,25,26). The Hall–Kier alpha value is -3.88. The van der Waals surface area contributed by atoms with Gasteiger partial charge in [-0.2, -0.15) is 5.10 Å². The van der Waals surface area contributed by atoms with Crippen LogP contribution in [0.15, 0.2) is 42.5 Å². The Bertz CT molecular complexity index is 1080. The number of Topliss-reactive ketones (excluding diaryl/α,β-unsaturated/α-hetero) is 1. The third kappa shape index (κ3) is 5.00. The molecule has 1 amide bonds. The minimum Gasteiger partial charge on any atom is -0.497 e. The van der Waals surface area contributed by atoms with Gasteiger partial charge < -0.3 is 19.5 Å². The molecule has 0 saturated heterocycles. The van der Waals surface area contributed by atoms with Gasteiger partial charge in [-0.1, -0.05) is 0 Å². The highest BCUT2D eigenvalue weighted by Gasteiger charge is 2.16. The first kappa shape index (κ1) is 20.4. The van der Waals surface area contributed by atoms with E-state index >= 15 is 0 Å². The van der Waals surface area contributed by atoms with Crippen molar-refractivity contribution in [2.24, 2.45) is 0 Å². The number of nitrogens with one attached hydrogen (secondary N) is 2. The van der Waals surface area contributed by atoms with Crippen molar-refractivity contribution in [3.05, 3.63) is 53.9 Å². The molecule has 2 aromatic carbocycles. The Kier molecular flexibility index (Phi) is 6.11. The van der Waals surface area contributed by atoms with E-state index in [1.807, 2.05) is 24.3 Å². The van der Waals surface area contributed by atoms with E-state index in [9.17, 15) is 9.59 Å². The molecular formula is C22H22N4O5. The summed E-state index contributed by atoms with van der Waals surface area (Å²) in [5.74, 6) is 2.61. The Morgan fingerprint density at radius 2 is 1.84 bits per heavy atom. The largest absolute Gasteiger partial charge is 0.497 e. The fourth-order valence-corrected chi connectivity index (χ4v) is 3.10. The topological polar surface area (TPSA) is 115 Å². The molecule has 160 valence electrons. The molecule has 0 saturated carbocycles. The molecule has 2 heterocycles. The zero-order valence-electron chi connectivity index (χ0n) is 17.0. The number of methoxy groups -OCH3 is 1. The number of aromatic nitrogens is 3. The number of hydrogen-bond acceptors (Lipinski definition) is 7. The van der Waals surface area contributed by atoms with E-state index in [-0.39, 0.29) is 31.1 Å². The summed E-state index contributed by atoms with van der Waals surface area (Å²) in [6.07, 6.45) is 0.172. The minimum absolute atomic E-state index is 0.0761. The van der Waals surface area contributed by atoms with Crippen molar-refractivity contribution in [2.75, 3.05) is 20.3 Å². The average molecular weight is 422 g/mol. The number of rotatable bonds is 8. The lowest BCUT2D eigenvalue weighted by molar-refractivity contribution is -0.121. The minimum atomic E-state index is -0.242. The molecule has 31 heavy (non-hydrogen) atoms. The SMILES string of the molecule is COc1ccc(-c2n[nH]c(CNC(=O)CCC(=O)c3ccc4c(c3)OCCO4)n2)cc1. The summed E-state index contributed by atoms with van der Waals surface area (Å²) >= 11 is 0. The molecule has 9 heteroatoms. The van der Waals surface area contributed by atoms with Gasteiger partial charge in [-0.25, -0.2) is 4.98 Å². The molecule has 0 unspecified atom stereocenters. The molecule has 4 rings (SSSR count). The van der Waals surface area contributed by atoms with Gasteiger partial charge in [-0.05, 0) is 42.5 Å². The molecule has 3 aromatic rings. The van der Waals surface area contributed by atoms with E-state index in [1.165, 1.54) is 0 Å². The van der Waals surface area contributed by atoms with Crippen molar-refractivity contribution in [3.8, 4) is 28.6 Å². The quantitative estimate of drug-likeness (QED) is 0.536. The molecule has 1 aromatic heterocycles. The molecule has 0 aliphatic carbocycles. The van der Waals surface area contributed by atoms with E-state index in [4.69, 9.17) is 14.2 Å². The summed E-state index contributed by atoms with van der Waals surface area (Å²) in [6.45, 7) is 1.14. The maximum Gasteiger partial charge on any atom is 0.220 e.